The Bertz CT molecular complexity index is 410. The van der Waals surface area contributed by atoms with E-state index >= 15 is 0 Å². The number of thioether (sulfide) groups is 1. The molecule has 0 atom stereocenters. The molecule has 1 aromatic rings. The van der Waals surface area contributed by atoms with E-state index in [2.05, 4.69) is 33.0 Å². The number of nitrogens with one attached hydrogen (secondary N) is 1. The third-order valence-electron chi connectivity index (χ3n) is 1.59. The average molecular weight is 350 g/mol. The largest absolute Gasteiger partial charge is 0.377 e. The maximum atomic E-state index is 11.5. The number of amidine groups is 1. The Morgan fingerprint density at radius 1 is 1.56 bits per heavy atom. The number of hydrogen-bond acceptors (Lipinski definition) is 4. The van der Waals surface area contributed by atoms with Gasteiger partial charge in [0.05, 0.1) is 5.75 Å². The highest BCUT2D eigenvalue weighted by Crippen LogP contribution is 2.12. The van der Waals surface area contributed by atoms with Gasteiger partial charge in [0.2, 0.25) is 5.91 Å². The lowest BCUT2D eigenvalue weighted by molar-refractivity contribution is -0.113. The molecular weight excluding hydrogens is 339 g/mol. The van der Waals surface area contributed by atoms with Gasteiger partial charge in [-0.05, 0) is 40.8 Å². The molecule has 16 heavy (non-hydrogen) atoms. The van der Waals surface area contributed by atoms with Crippen molar-refractivity contribution < 1.29 is 4.79 Å². The summed E-state index contributed by atoms with van der Waals surface area (Å²) in [5, 5.41) is 6.20. The van der Waals surface area contributed by atoms with Crippen molar-refractivity contribution in [3.63, 3.8) is 0 Å². The van der Waals surface area contributed by atoms with Crippen molar-refractivity contribution in [3.05, 3.63) is 27.8 Å². The van der Waals surface area contributed by atoms with Gasteiger partial charge in [-0.15, -0.1) is 0 Å². The maximum Gasteiger partial charge on any atom is 0.234 e. The molecule has 0 aromatic heterocycles. The molecule has 1 rings (SSSR count). The molecule has 0 spiro atoms. The predicted molar refractivity (Wildman–Crippen MR) is 76.1 cm³/mol. The zero-order valence-electron chi connectivity index (χ0n) is 8.31. The highest BCUT2D eigenvalue weighted by atomic mass is 127. The second-order valence-corrected chi connectivity index (χ2v) is 5.06. The summed E-state index contributed by atoms with van der Waals surface area (Å²) in [6.07, 6.45) is 0. The zero-order valence-corrected chi connectivity index (χ0v) is 11.3. The molecule has 1 amide bonds. The third kappa shape index (κ3) is 4.71. The Balaban J connectivity index is 2.46. The van der Waals surface area contributed by atoms with Crippen molar-refractivity contribution in [1.29, 1.82) is 0 Å². The normalized spacial score (nSPS) is 11.2. The molecule has 0 saturated heterocycles. The topological polar surface area (TPSA) is 93.5 Å². The SMILES string of the molecule is NN=C(N)SCC(=O)Nc1cccc(I)c1. The number of hydrogen-bond donors (Lipinski definition) is 3. The van der Waals surface area contributed by atoms with Crippen LogP contribution in [-0.4, -0.2) is 16.8 Å². The minimum atomic E-state index is -0.140. The molecule has 0 aliphatic carbocycles. The van der Waals surface area contributed by atoms with Crippen LogP contribution in [0.1, 0.15) is 0 Å². The Morgan fingerprint density at radius 2 is 2.31 bits per heavy atom. The molecule has 5 nitrogen and oxygen atoms in total. The average Bonchev–Trinajstić information content (AvgIpc) is 2.26. The van der Waals surface area contributed by atoms with Crippen molar-refractivity contribution in [2.45, 2.75) is 0 Å². The van der Waals surface area contributed by atoms with Gasteiger partial charge in [0, 0.05) is 9.26 Å². The van der Waals surface area contributed by atoms with Crippen molar-refractivity contribution in [3.8, 4) is 0 Å². The molecule has 0 unspecified atom stereocenters. The predicted octanol–water partition coefficient (Wildman–Crippen LogP) is 1.15. The van der Waals surface area contributed by atoms with Crippen LogP contribution in [0.15, 0.2) is 29.4 Å². The number of amides is 1. The molecule has 86 valence electrons. The molecule has 7 heteroatoms. The van der Waals surface area contributed by atoms with Crippen molar-refractivity contribution in [2.75, 3.05) is 11.1 Å². The van der Waals surface area contributed by atoms with E-state index in [0.29, 0.717) is 0 Å². The third-order valence-corrected chi connectivity index (χ3v) is 3.07. The number of nitrogens with two attached hydrogens (primary N) is 2. The van der Waals surface area contributed by atoms with Gasteiger partial charge in [-0.3, -0.25) is 4.79 Å². The number of nitrogens with zero attached hydrogens (tertiary/aromatic N) is 1. The lowest BCUT2D eigenvalue weighted by Gasteiger charge is -2.04. The zero-order chi connectivity index (χ0) is 12.0. The summed E-state index contributed by atoms with van der Waals surface area (Å²) in [4.78, 5) is 11.5. The molecule has 0 fully saturated rings. The van der Waals surface area contributed by atoms with Gasteiger partial charge in [0.15, 0.2) is 5.17 Å². The van der Waals surface area contributed by atoms with Crippen LogP contribution >= 0.6 is 34.4 Å². The van der Waals surface area contributed by atoms with Gasteiger partial charge < -0.3 is 16.9 Å². The Hall–Kier alpha value is -0.960. The molecule has 1 aromatic carbocycles. The summed E-state index contributed by atoms with van der Waals surface area (Å²) in [5.74, 6) is 4.99. The van der Waals surface area contributed by atoms with Gasteiger partial charge in [0.1, 0.15) is 0 Å². The highest BCUT2D eigenvalue weighted by Gasteiger charge is 2.04. The summed E-state index contributed by atoms with van der Waals surface area (Å²) < 4.78 is 1.06. The standard InChI is InChI=1S/C9H11IN4OS/c10-6-2-1-3-7(4-6)13-8(15)5-16-9(11)14-12/h1-4H,5,12H2,(H2,11,14)(H,13,15). The molecular formula is C9H11IN4OS. The number of carbonyl (C=O) groups excluding carboxylic acids is 1. The first kappa shape index (κ1) is 13.1. The number of anilines is 1. The fourth-order valence-corrected chi connectivity index (χ4v) is 1.91. The number of hydrazone groups is 1. The number of halogens is 1. The van der Waals surface area contributed by atoms with Gasteiger partial charge in [-0.2, -0.15) is 5.10 Å². The van der Waals surface area contributed by atoms with Crippen LogP contribution in [0.2, 0.25) is 0 Å². The summed E-state index contributed by atoms with van der Waals surface area (Å²) in [7, 11) is 0. The molecule has 0 aliphatic heterocycles. The van der Waals surface area contributed by atoms with Gasteiger partial charge in [0.25, 0.3) is 0 Å². The Labute approximate surface area is 111 Å². The first-order valence-electron chi connectivity index (χ1n) is 4.33. The van der Waals surface area contributed by atoms with E-state index in [1.54, 1.807) is 0 Å². The molecule has 0 aliphatic rings. The van der Waals surface area contributed by atoms with E-state index in [1.807, 2.05) is 24.3 Å². The van der Waals surface area contributed by atoms with E-state index in [-0.39, 0.29) is 16.8 Å². The van der Waals surface area contributed by atoms with Crippen molar-refractivity contribution in [1.82, 2.24) is 0 Å². The maximum absolute atomic E-state index is 11.5. The van der Waals surface area contributed by atoms with E-state index in [9.17, 15) is 4.79 Å². The Morgan fingerprint density at radius 3 is 2.94 bits per heavy atom. The van der Waals surface area contributed by atoms with Gasteiger partial charge in [-0.25, -0.2) is 0 Å². The van der Waals surface area contributed by atoms with Crippen molar-refractivity contribution >= 4 is 51.1 Å². The molecule has 5 N–H and O–H groups in total. The quantitative estimate of drug-likeness (QED) is 0.251. The molecule has 0 heterocycles. The van der Waals surface area contributed by atoms with Crippen LogP contribution in [0.5, 0.6) is 0 Å². The van der Waals surface area contributed by atoms with Crippen LogP contribution in [-0.2, 0) is 4.79 Å². The second kappa shape index (κ2) is 6.59. The van der Waals surface area contributed by atoms with E-state index in [1.165, 1.54) is 0 Å². The van der Waals surface area contributed by atoms with E-state index < -0.39 is 0 Å². The Kier molecular flexibility index (Phi) is 5.39. The lowest BCUT2D eigenvalue weighted by Crippen LogP contribution is -2.18. The number of rotatable bonds is 3. The molecule has 0 radical (unpaired) electrons. The van der Waals surface area contributed by atoms with Crippen LogP contribution in [0.3, 0.4) is 0 Å². The first-order chi connectivity index (χ1) is 7.61. The summed E-state index contributed by atoms with van der Waals surface area (Å²) >= 11 is 3.27. The number of carbonyl (C=O) groups is 1. The van der Waals surface area contributed by atoms with Gasteiger partial charge >= 0.3 is 0 Å². The summed E-state index contributed by atoms with van der Waals surface area (Å²) in [6.45, 7) is 0. The van der Waals surface area contributed by atoms with Crippen LogP contribution in [0.25, 0.3) is 0 Å². The molecule has 0 bridgehead atoms. The molecule has 0 saturated carbocycles. The van der Waals surface area contributed by atoms with Gasteiger partial charge in [-0.1, -0.05) is 17.8 Å². The summed E-state index contributed by atoms with van der Waals surface area (Å²) in [5.41, 5.74) is 6.11. The highest BCUT2D eigenvalue weighted by molar-refractivity contribution is 14.1. The van der Waals surface area contributed by atoms with Crippen LogP contribution in [0, 0.1) is 3.57 Å². The number of benzene rings is 1. The fraction of sp³-hybridized carbons (Fsp3) is 0.111. The summed E-state index contributed by atoms with van der Waals surface area (Å²) in [6, 6.07) is 7.53. The second-order valence-electron chi connectivity index (χ2n) is 2.81. The van der Waals surface area contributed by atoms with Crippen molar-refractivity contribution in [2.24, 2.45) is 16.7 Å². The minimum Gasteiger partial charge on any atom is -0.377 e. The van der Waals surface area contributed by atoms with E-state index in [0.717, 1.165) is 21.0 Å². The smallest absolute Gasteiger partial charge is 0.234 e. The van der Waals surface area contributed by atoms with Crippen LogP contribution < -0.4 is 16.9 Å². The fourth-order valence-electron chi connectivity index (χ4n) is 0.940. The van der Waals surface area contributed by atoms with E-state index in [4.69, 9.17) is 11.6 Å². The lowest BCUT2D eigenvalue weighted by atomic mass is 10.3. The van der Waals surface area contributed by atoms with Crippen LogP contribution in [0.4, 0.5) is 5.69 Å². The first-order valence-corrected chi connectivity index (χ1v) is 6.40. The monoisotopic (exact) mass is 350 g/mol. The minimum absolute atomic E-state index is 0.140.